The molecule has 0 aliphatic rings. The van der Waals surface area contributed by atoms with Crippen molar-refractivity contribution in [1.82, 2.24) is 5.32 Å². The molecule has 0 aliphatic carbocycles. The molecule has 0 atom stereocenters. The normalized spacial score (nSPS) is 11.7. The van der Waals surface area contributed by atoms with Crippen LogP contribution in [0.25, 0.3) is 6.08 Å². The van der Waals surface area contributed by atoms with Gasteiger partial charge in [0.15, 0.2) is 0 Å². The molecule has 20 heavy (non-hydrogen) atoms. The minimum atomic E-state index is -0.788. The third kappa shape index (κ3) is 6.78. The first-order valence-electron chi connectivity index (χ1n) is 6.60. The number of hydrogen-bond acceptors (Lipinski definition) is 3. The maximum absolute atomic E-state index is 11.6. The third-order valence-electron chi connectivity index (χ3n) is 3.06. The number of amides is 1. The average Bonchev–Trinajstić information content (AvgIpc) is 2.87. The minimum absolute atomic E-state index is 0.101. The molecule has 0 spiro atoms. The number of furan rings is 1. The third-order valence-corrected chi connectivity index (χ3v) is 3.06. The highest BCUT2D eigenvalue weighted by Gasteiger charge is 2.18. The van der Waals surface area contributed by atoms with E-state index in [2.05, 4.69) is 5.32 Å². The molecule has 1 aromatic heterocycles. The SMILES string of the molecule is CC(C)(CCNC(=O)C=Cc1ccco1)CCC(=O)O. The van der Waals surface area contributed by atoms with Crippen molar-refractivity contribution in [2.75, 3.05) is 6.54 Å². The second-order valence-electron chi connectivity index (χ2n) is 5.45. The summed E-state index contributed by atoms with van der Waals surface area (Å²) in [6.07, 6.45) is 6.05. The lowest BCUT2D eigenvalue weighted by atomic mass is 9.84. The Morgan fingerprint density at radius 2 is 2.15 bits per heavy atom. The number of carboxylic acid groups (broad SMARTS) is 1. The van der Waals surface area contributed by atoms with Gasteiger partial charge in [0.25, 0.3) is 0 Å². The molecule has 1 aromatic rings. The fourth-order valence-electron chi connectivity index (χ4n) is 1.70. The number of carbonyl (C=O) groups is 2. The smallest absolute Gasteiger partial charge is 0.303 e. The predicted molar refractivity (Wildman–Crippen MR) is 76.0 cm³/mol. The van der Waals surface area contributed by atoms with Crippen LogP contribution in [-0.2, 0) is 9.59 Å². The average molecular weight is 279 g/mol. The first-order valence-corrected chi connectivity index (χ1v) is 6.60. The number of hydrogen-bond donors (Lipinski definition) is 2. The molecule has 0 unspecified atom stereocenters. The van der Waals surface area contributed by atoms with Crippen molar-refractivity contribution in [2.24, 2.45) is 5.41 Å². The predicted octanol–water partition coefficient (Wildman–Crippen LogP) is 2.69. The van der Waals surface area contributed by atoms with E-state index in [0.29, 0.717) is 18.7 Å². The molecule has 0 saturated carbocycles. The molecule has 0 fully saturated rings. The van der Waals surface area contributed by atoms with Crippen molar-refractivity contribution in [1.29, 1.82) is 0 Å². The molecule has 1 heterocycles. The van der Waals surface area contributed by atoms with Gasteiger partial charge in [0, 0.05) is 19.0 Å². The number of carboxylic acids is 1. The maximum Gasteiger partial charge on any atom is 0.303 e. The van der Waals surface area contributed by atoms with Crippen LogP contribution in [0.3, 0.4) is 0 Å². The topological polar surface area (TPSA) is 79.5 Å². The summed E-state index contributed by atoms with van der Waals surface area (Å²) in [5.41, 5.74) is -0.101. The Labute approximate surface area is 118 Å². The van der Waals surface area contributed by atoms with Crippen molar-refractivity contribution in [3.8, 4) is 0 Å². The summed E-state index contributed by atoms with van der Waals surface area (Å²) in [6.45, 7) is 4.52. The van der Waals surface area contributed by atoms with Gasteiger partial charge >= 0.3 is 5.97 Å². The van der Waals surface area contributed by atoms with Crippen LogP contribution < -0.4 is 5.32 Å². The highest BCUT2D eigenvalue weighted by atomic mass is 16.4. The Morgan fingerprint density at radius 1 is 1.40 bits per heavy atom. The van der Waals surface area contributed by atoms with Gasteiger partial charge in [-0.15, -0.1) is 0 Å². The van der Waals surface area contributed by atoms with Crippen LogP contribution in [-0.4, -0.2) is 23.5 Å². The Hall–Kier alpha value is -2.04. The lowest BCUT2D eigenvalue weighted by molar-refractivity contribution is -0.137. The highest BCUT2D eigenvalue weighted by Crippen LogP contribution is 2.25. The summed E-state index contributed by atoms with van der Waals surface area (Å²) >= 11 is 0. The fraction of sp³-hybridized carbons (Fsp3) is 0.467. The molecule has 110 valence electrons. The molecule has 0 saturated heterocycles. The first-order chi connectivity index (χ1) is 9.39. The zero-order valence-corrected chi connectivity index (χ0v) is 11.9. The van der Waals surface area contributed by atoms with Crippen molar-refractivity contribution in [3.05, 3.63) is 30.2 Å². The van der Waals surface area contributed by atoms with Gasteiger partial charge in [-0.05, 0) is 36.5 Å². The standard InChI is InChI=1S/C15H21NO4/c1-15(2,8-7-14(18)19)9-10-16-13(17)6-5-12-4-3-11-20-12/h3-6,11H,7-10H2,1-2H3,(H,16,17)(H,18,19). The Kier molecular flexibility index (Phi) is 6.03. The lowest BCUT2D eigenvalue weighted by Gasteiger charge is -2.23. The minimum Gasteiger partial charge on any atom is -0.481 e. The molecule has 1 amide bonds. The van der Waals surface area contributed by atoms with E-state index in [4.69, 9.17) is 9.52 Å². The summed E-state index contributed by atoms with van der Waals surface area (Å²) in [6, 6.07) is 3.52. The highest BCUT2D eigenvalue weighted by molar-refractivity contribution is 5.91. The van der Waals surface area contributed by atoms with Gasteiger partial charge in [0.05, 0.1) is 6.26 Å². The summed E-state index contributed by atoms with van der Waals surface area (Å²) < 4.78 is 5.07. The summed E-state index contributed by atoms with van der Waals surface area (Å²) in [4.78, 5) is 22.1. The van der Waals surface area contributed by atoms with Crippen LogP contribution >= 0.6 is 0 Å². The second kappa shape index (κ2) is 7.53. The first kappa shape index (κ1) is 16.0. The molecular weight excluding hydrogens is 258 g/mol. The quantitative estimate of drug-likeness (QED) is 0.717. The number of aliphatic carboxylic acids is 1. The molecule has 0 radical (unpaired) electrons. The molecule has 2 N–H and O–H groups in total. The fourth-order valence-corrected chi connectivity index (χ4v) is 1.70. The molecule has 0 bridgehead atoms. The van der Waals surface area contributed by atoms with Crippen molar-refractivity contribution < 1.29 is 19.1 Å². The van der Waals surface area contributed by atoms with Gasteiger partial charge in [-0.2, -0.15) is 0 Å². The van der Waals surface area contributed by atoms with E-state index < -0.39 is 5.97 Å². The van der Waals surface area contributed by atoms with Crippen molar-refractivity contribution in [2.45, 2.75) is 33.1 Å². The molecule has 1 rings (SSSR count). The zero-order chi connectivity index (χ0) is 15.0. The van der Waals surface area contributed by atoms with E-state index >= 15 is 0 Å². The van der Waals surface area contributed by atoms with E-state index in [-0.39, 0.29) is 17.7 Å². The van der Waals surface area contributed by atoms with E-state index in [0.717, 1.165) is 6.42 Å². The van der Waals surface area contributed by atoms with Crippen LogP contribution in [0, 0.1) is 5.41 Å². The van der Waals surface area contributed by atoms with E-state index in [1.54, 1.807) is 24.5 Å². The van der Waals surface area contributed by atoms with Gasteiger partial charge in [-0.25, -0.2) is 0 Å². The molecule has 0 aliphatic heterocycles. The number of nitrogens with one attached hydrogen (secondary N) is 1. The Morgan fingerprint density at radius 3 is 2.75 bits per heavy atom. The van der Waals surface area contributed by atoms with Gasteiger partial charge in [-0.3, -0.25) is 9.59 Å². The van der Waals surface area contributed by atoms with E-state index in [1.165, 1.54) is 6.08 Å². The van der Waals surface area contributed by atoms with Gasteiger partial charge < -0.3 is 14.8 Å². The summed E-state index contributed by atoms with van der Waals surface area (Å²) in [7, 11) is 0. The summed E-state index contributed by atoms with van der Waals surface area (Å²) in [5, 5.41) is 11.4. The number of carbonyl (C=O) groups excluding carboxylic acids is 1. The lowest BCUT2D eigenvalue weighted by Crippen LogP contribution is -2.27. The van der Waals surface area contributed by atoms with Crippen LogP contribution in [0.4, 0.5) is 0 Å². The summed E-state index contributed by atoms with van der Waals surface area (Å²) in [5.74, 6) is -0.346. The van der Waals surface area contributed by atoms with E-state index in [1.807, 2.05) is 13.8 Å². The van der Waals surface area contributed by atoms with Gasteiger partial charge in [0.2, 0.25) is 5.91 Å². The van der Waals surface area contributed by atoms with Crippen LogP contribution in [0.5, 0.6) is 0 Å². The number of rotatable bonds is 8. The monoisotopic (exact) mass is 279 g/mol. The zero-order valence-electron chi connectivity index (χ0n) is 11.9. The second-order valence-corrected chi connectivity index (χ2v) is 5.45. The van der Waals surface area contributed by atoms with Gasteiger partial charge in [-0.1, -0.05) is 13.8 Å². The maximum atomic E-state index is 11.6. The van der Waals surface area contributed by atoms with Crippen LogP contribution in [0.15, 0.2) is 28.9 Å². The molecule has 5 nitrogen and oxygen atoms in total. The molecule has 0 aromatic carbocycles. The molecular formula is C15H21NO4. The Bertz CT molecular complexity index is 460. The van der Waals surface area contributed by atoms with E-state index in [9.17, 15) is 9.59 Å². The molecule has 5 heteroatoms. The van der Waals surface area contributed by atoms with Crippen molar-refractivity contribution >= 4 is 18.0 Å². The van der Waals surface area contributed by atoms with Crippen LogP contribution in [0.2, 0.25) is 0 Å². The largest absolute Gasteiger partial charge is 0.481 e. The van der Waals surface area contributed by atoms with Crippen LogP contribution in [0.1, 0.15) is 38.9 Å². The van der Waals surface area contributed by atoms with Crippen molar-refractivity contribution in [3.63, 3.8) is 0 Å². The van der Waals surface area contributed by atoms with Gasteiger partial charge in [0.1, 0.15) is 5.76 Å². The Balaban J connectivity index is 2.25.